The number of sulfonamides is 1. The van der Waals surface area contributed by atoms with Crippen molar-refractivity contribution in [3.8, 4) is 5.75 Å². The fourth-order valence-corrected chi connectivity index (χ4v) is 3.36. The minimum Gasteiger partial charge on any atom is -0.495 e. The molecule has 1 aliphatic rings. The van der Waals surface area contributed by atoms with E-state index in [4.69, 9.17) is 21.5 Å². The maximum atomic E-state index is 12.0. The second kappa shape index (κ2) is 5.59. The van der Waals surface area contributed by atoms with Crippen molar-refractivity contribution in [2.75, 3.05) is 24.3 Å². The van der Waals surface area contributed by atoms with Crippen molar-refractivity contribution in [2.24, 2.45) is 11.1 Å². The average Bonchev–Trinajstić information content (AvgIpc) is 2.68. The van der Waals surface area contributed by atoms with Gasteiger partial charge in [-0.2, -0.15) is 0 Å². The Labute approximate surface area is 122 Å². The van der Waals surface area contributed by atoms with Gasteiger partial charge in [0, 0.05) is 30.6 Å². The highest BCUT2D eigenvalue weighted by molar-refractivity contribution is 7.89. The van der Waals surface area contributed by atoms with Crippen LogP contribution in [0.5, 0.6) is 5.75 Å². The smallest absolute Gasteiger partial charge is 0.227 e. The largest absolute Gasteiger partial charge is 0.495 e. The van der Waals surface area contributed by atoms with E-state index in [2.05, 4.69) is 0 Å². The van der Waals surface area contributed by atoms with Gasteiger partial charge in [-0.3, -0.25) is 4.79 Å². The first kappa shape index (κ1) is 15.1. The van der Waals surface area contributed by atoms with Crippen LogP contribution in [-0.2, 0) is 14.8 Å². The summed E-state index contributed by atoms with van der Waals surface area (Å²) in [5.41, 5.74) is 0.633. The molecule has 1 unspecified atom stereocenters. The van der Waals surface area contributed by atoms with Crippen LogP contribution >= 0.6 is 11.6 Å². The SMILES string of the molecule is COc1cc(N2CC(CS(N)(=O)=O)CC2=O)ccc1Cl. The second-order valence-electron chi connectivity index (χ2n) is 4.72. The number of carbonyl (C=O) groups excluding carboxylic acids is 1. The van der Waals surface area contributed by atoms with Crippen LogP contribution in [0.2, 0.25) is 5.02 Å². The molecule has 0 bridgehead atoms. The fraction of sp³-hybridized carbons (Fsp3) is 0.417. The van der Waals surface area contributed by atoms with E-state index in [-0.39, 0.29) is 24.0 Å². The van der Waals surface area contributed by atoms with Crippen LogP contribution in [0, 0.1) is 5.92 Å². The topological polar surface area (TPSA) is 89.7 Å². The Kier molecular flexibility index (Phi) is 4.22. The van der Waals surface area contributed by atoms with E-state index in [0.717, 1.165) is 0 Å². The van der Waals surface area contributed by atoms with E-state index < -0.39 is 10.0 Å². The Balaban J connectivity index is 2.20. The quantitative estimate of drug-likeness (QED) is 0.896. The van der Waals surface area contributed by atoms with Gasteiger partial charge in [0.15, 0.2) is 0 Å². The third-order valence-corrected chi connectivity index (χ3v) is 4.37. The molecule has 0 spiro atoms. The monoisotopic (exact) mass is 318 g/mol. The summed E-state index contributed by atoms with van der Waals surface area (Å²) in [6, 6.07) is 4.98. The van der Waals surface area contributed by atoms with E-state index in [1.165, 1.54) is 12.0 Å². The van der Waals surface area contributed by atoms with E-state index >= 15 is 0 Å². The number of primary sulfonamides is 1. The average molecular weight is 319 g/mol. The van der Waals surface area contributed by atoms with Crippen LogP contribution in [0.1, 0.15) is 6.42 Å². The van der Waals surface area contributed by atoms with Gasteiger partial charge in [0.2, 0.25) is 15.9 Å². The van der Waals surface area contributed by atoms with Gasteiger partial charge >= 0.3 is 0 Å². The minimum atomic E-state index is -3.58. The summed E-state index contributed by atoms with van der Waals surface area (Å²) >= 11 is 5.93. The van der Waals surface area contributed by atoms with Gasteiger partial charge in [0.05, 0.1) is 17.9 Å². The summed E-state index contributed by atoms with van der Waals surface area (Å²) in [6.07, 6.45) is 0.168. The number of ether oxygens (including phenoxy) is 1. The molecule has 1 amide bonds. The van der Waals surface area contributed by atoms with Crippen LogP contribution in [0.25, 0.3) is 0 Å². The van der Waals surface area contributed by atoms with Gasteiger partial charge < -0.3 is 9.64 Å². The molecule has 20 heavy (non-hydrogen) atoms. The van der Waals surface area contributed by atoms with Gasteiger partial charge in [-0.25, -0.2) is 13.6 Å². The number of anilines is 1. The lowest BCUT2D eigenvalue weighted by Crippen LogP contribution is -2.27. The predicted molar refractivity (Wildman–Crippen MR) is 76.4 cm³/mol. The molecule has 2 N–H and O–H groups in total. The number of amides is 1. The first-order chi connectivity index (χ1) is 9.30. The maximum absolute atomic E-state index is 12.0. The summed E-state index contributed by atoms with van der Waals surface area (Å²) in [5, 5.41) is 5.46. The van der Waals surface area contributed by atoms with Crippen molar-refractivity contribution in [3.63, 3.8) is 0 Å². The number of halogens is 1. The van der Waals surface area contributed by atoms with E-state index in [9.17, 15) is 13.2 Å². The molecule has 0 aromatic heterocycles. The predicted octanol–water partition coefficient (Wildman–Crippen LogP) is 0.990. The van der Waals surface area contributed by atoms with Gasteiger partial charge in [0.25, 0.3) is 0 Å². The standard InChI is InChI=1S/C12H15ClN2O4S/c1-19-11-5-9(2-3-10(11)13)15-6-8(4-12(15)16)7-20(14,17)18/h2-3,5,8H,4,6-7H2,1H3,(H2,14,17,18). The summed E-state index contributed by atoms with van der Waals surface area (Å²) < 4.78 is 27.3. The van der Waals surface area contributed by atoms with Crippen molar-refractivity contribution in [3.05, 3.63) is 23.2 Å². The third-order valence-electron chi connectivity index (χ3n) is 3.12. The molecular formula is C12H15ClN2O4S. The molecule has 8 heteroatoms. The Bertz CT molecular complexity index is 632. The van der Waals surface area contributed by atoms with Crippen molar-refractivity contribution < 1.29 is 17.9 Å². The molecule has 1 aromatic rings. The van der Waals surface area contributed by atoms with Crippen LogP contribution in [0.4, 0.5) is 5.69 Å². The highest BCUT2D eigenvalue weighted by Crippen LogP contribution is 2.32. The van der Waals surface area contributed by atoms with E-state index in [0.29, 0.717) is 23.0 Å². The van der Waals surface area contributed by atoms with Gasteiger partial charge in [-0.1, -0.05) is 11.6 Å². The zero-order valence-electron chi connectivity index (χ0n) is 10.9. The van der Waals surface area contributed by atoms with Crippen molar-refractivity contribution in [1.82, 2.24) is 0 Å². The lowest BCUT2D eigenvalue weighted by Gasteiger charge is -2.18. The number of nitrogens with two attached hydrogens (primary N) is 1. The molecule has 2 rings (SSSR count). The van der Waals surface area contributed by atoms with Crippen LogP contribution in [-0.4, -0.2) is 33.7 Å². The summed E-state index contributed by atoms with van der Waals surface area (Å²) in [6.45, 7) is 0.319. The zero-order valence-corrected chi connectivity index (χ0v) is 12.4. The number of carbonyl (C=O) groups is 1. The lowest BCUT2D eigenvalue weighted by molar-refractivity contribution is -0.117. The number of hydrogen-bond acceptors (Lipinski definition) is 4. The number of methoxy groups -OCH3 is 1. The molecule has 110 valence electrons. The molecule has 6 nitrogen and oxygen atoms in total. The van der Waals surface area contributed by atoms with E-state index in [1.54, 1.807) is 18.2 Å². The Morgan fingerprint density at radius 3 is 2.80 bits per heavy atom. The van der Waals surface area contributed by atoms with Gasteiger partial charge in [-0.05, 0) is 12.1 Å². The molecular weight excluding hydrogens is 304 g/mol. The second-order valence-corrected chi connectivity index (χ2v) is 6.79. The normalized spacial score (nSPS) is 19.4. The Morgan fingerprint density at radius 1 is 1.50 bits per heavy atom. The number of rotatable bonds is 4. The Hall–Kier alpha value is -1.31. The van der Waals surface area contributed by atoms with Gasteiger partial charge in [0.1, 0.15) is 5.75 Å². The maximum Gasteiger partial charge on any atom is 0.227 e. The zero-order chi connectivity index (χ0) is 14.9. The fourth-order valence-electron chi connectivity index (χ4n) is 2.29. The van der Waals surface area contributed by atoms with Crippen LogP contribution < -0.4 is 14.8 Å². The van der Waals surface area contributed by atoms with Gasteiger partial charge in [-0.15, -0.1) is 0 Å². The molecule has 0 saturated carbocycles. The lowest BCUT2D eigenvalue weighted by atomic mass is 10.1. The van der Waals surface area contributed by atoms with Crippen LogP contribution in [0.15, 0.2) is 18.2 Å². The Morgan fingerprint density at radius 2 is 2.20 bits per heavy atom. The highest BCUT2D eigenvalue weighted by Gasteiger charge is 2.33. The summed E-state index contributed by atoms with van der Waals surface area (Å²) in [4.78, 5) is 13.5. The van der Waals surface area contributed by atoms with Crippen molar-refractivity contribution in [2.45, 2.75) is 6.42 Å². The highest BCUT2D eigenvalue weighted by atomic mass is 35.5. The van der Waals surface area contributed by atoms with Crippen LogP contribution in [0.3, 0.4) is 0 Å². The molecule has 1 aliphatic heterocycles. The molecule has 1 saturated heterocycles. The molecule has 1 heterocycles. The molecule has 0 radical (unpaired) electrons. The summed E-state index contributed by atoms with van der Waals surface area (Å²) in [7, 11) is -2.09. The minimum absolute atomic E-state index is 0.136. The molecule has 1 atom stereocenters. The van der Waals surface area contributed by atoms with Crippen molar-refractivity contribution >= 4 is 33.2 Å². The molecule has 1 fully saturated rings. The number of nitrogens with zero attached hydrogens (tertiary/aromatic N) is 1. The van der Waals surface area contributed by atoms with Crippen molar-refractivity contribution in [1.29, 1.82) is 0 Å². The molecule has 1 aromatic carbocycles. The first-order valence-corrected chi connectivity index (χ1v) is 8.04. The first-order valence-electron chi connectivity index (χ1n) is 5.94. The molecule has 0 aliphatic carbocycles. The number of hydrogen-bond donors (Lipinski definition) is 1. The number of benzene rings is 1. The van der Waals surface area contributed by atoms with E-state index in [1.807, 2.05) is 0 Å². The summed E-state index contributed by atoms with van der Waals surface area (Å²) in [5.74, 6) is -0.158. The third kappa shape index (κ3) is 3.41.